The van der Waals surface area contributed by atoms with Gasteiger partial charge in [-0.3, -0.25) is 9.88 Å². The lowest BCUT2D eigenvalue weighted by atomic mass is 10.1. The number of halogens is 6. The Bertz CT molecular complexity index is 793. The zero-order valence-corrected chi connectivity index (χ0v) is 14.6. The lowest BCUT2D eigenvalue weighted by Crippen LogP contribution is -2.33. The molecule has 0 saturated carbocycles. The number of nitrogens with zero attached hydrogens (tertiary/aromatic N) is 4. The van der Waals surface area contributed by atoms with E-state index in [-0.39, 0.29) is 30.6 Å². The van der Waals surface area contributed by atoms with E-state index >= 15 is 0 Å². The minimum Gasteiger partial charge on any atom is -0.370 e. The fraction of sp³-hybridized carbons (Fsp3) is 0.471. The second kappa shape index (κ2) is 7.90. The lowest BCUT2D eigenvalue weighted by molar-refractivity contribution is -0.143. The normalized spacial score (nSPS) is 18.4. The second-order valence-corrected chi connectivity index (χ2v) is 6.58. The van der Waals surface area contributed by atoms with Crippen LogP contribution in [-0.2, 0) is 6.18 Å². The van der Waals surface area contributed by atoms with Crippen LogP contribution < -0.4 is 5.32 Å². The van der Waals surface area contributed by atoms with Crippen molar-refractivity contribution in [2.24, 2.45) is 5.92 Å². The van der Waals surface area contributed by atoms with Crippen LogP contribution in [-0.4, -0.2) is 52.2 Å². The van der Waals surface area contributed by atoms with E-state index in [0.717, 1.165) is 6.07 Å². The highest BCUT2D eigenvalue weighted by Gasteiger charge is 2.35. The maximum atomic E-state index is 13.2. The van der Waals surface area contributed by atoms with Crippen LogP contribution in [0.1, 0.15) is 12.1 Å². The minimum absolute atomic E-state index is 0.0246. The molecule has 2 aromatic rings. The molecule has 1 saturated heterocycles. The third kappa shape index (κ3) is 5.54. The van der Waals surface area contributed by atoms with E-state index < -0.39 is 24.6 Å². The van der Waals surface area contributed by atoms with Gasteiger partial charge in [0, 0.05) is 37.1 Å². The molecule has 1 N–H and O–H groups in total. The molecule has 3 heterocycles. The Hall–Kier alpha value is -2.43. The Balaban J connectivity index is 1.71. The number of nitrogens with one attached hydrogen (secondary N) is 1. The molecule has 28 heavy (non-hydrogen) atoms. The Morgan fingerprint density at radius 1 is 1.07 bits per heavy atom. The second-order valence-electron chi connectivity index (χ2n) is 6.58. The van der Waals surface area contributed by atoms with Crippen LogP contribution in [0.2, 0.25) is 0 Å². The summed E-state index contributed by atoms with van der Waals surface area (Å²) in [6.45, 7) is -0.244. The van der Waals surface area contributed by atoms with Gasteiger partial charge in [-0.2, -0.15) is 26.3 Å². The standard InChI is InChI=1S/C17H17F6N5/c18-16(19,20)10-28-6-3-11(9-28)8-25-14-7-13(17(21,22)23)26-15(27-14)12-1-4-24-5-2-12/h1-2,4-5,7,11H,3,6,8-10H2,(H,25,26,27). The van der Waals surface area contributed by atoms with Crippen LogP contribution in [0.15, 0.2) is 30.6 Å². The Labute approximate surface area is 156 Å². The third-order valence-corrected chi connectivity index (χ3v) is 4.30. The summed E-state index contributed by atoms with van der Waals surface area (Å²) in [6.07, 6.45) is -5.56. The van der Waals surface area contributed by atoms with Crippen molar-refractivity contribution in [1.82, 2.24) is 19.9 Å². The first-order valence-corrected chi connectivity index (χ1v) is 8.50. The number of alkyl halides is 6. The van der Waals surface area contributed by atoms with Crippen molar-refractivity contribution < 1.29 is 26.3 Å². The zero-order valence-electron chi connectivity index (χ0n) is 14.6. The van der Waals surface area contributed by atoms with E-state index in [4.69, 9.17) is 0 Å². The first kappa shape index (κ1) is 20.3. The quantitative estimate of drug-likeness (QED) is 0.766. The molecule has 152 valence electrons. The summed E-state index contributed by atoms with van der Waals surface area (Å²) in [5, 5.41) is 2.82. The molecule has 1 atom stereocenters. The summed E-state index contributed by atoms with van der Waals surface area (Å²) in [4.78, 5) is 12.8. The van der Waals surface area contributed by atoms with Gasteiger partial charge in [0.2, 0.25) is 0 Å². The fourth-order valence-corrected chi connectivity index (χ4v) is 3.04. The molecule has 2 aromatic heterocycles. The Morgan fingerprint density at radius 3 is 2.43 bits per heavy atom. The maximum Gasteiger partial charge on any atom is 0.433 e. The van der Waals surface area contributed by atoms with Crippen molar-refractivity contribution >= 4 is 5.82 Å². The van der Waals surface area contributed by atoms with Crippen molar-refractivity contribution in [1.29, 1.82) is 0 Å². The lowest BCUT2D eigenvalue weighted by Gasteiger charge is -2.18. The van der Waals surface area contributed by atoms with Gasteiger partial charge in [-0.15, -0.1) is 0 Å². The Kier molecular flexibility index (Phi) is 5.73. The number of hydrogen-bond donors (Lipinski definition) is 1. The van der Waals surface area contributed by atoms with Crippen molar-refractivity contribution in [2.45, 2.75) is 18.8 Å². The highest BCUT2D eigenvalue weighted by Crippen LogP contribution is 2.31. The predicted octanol–water partition coefficient (Wildman–Crippen LogP) is 3.85. The van der Waals surface area contributed by atoms with Gasteiger partial charge in [-0.25, -0.2) is 9.97 Å². The van der Waals surface area contributed by atoms with Crippen molar-refractivity contribution in [3.8, 4) is 11.4 Å². The van der Waals surface area contributed by atoms with E-state index in [1.54, 1.807) is 0 Å². The highest BCUT2D eigenvalue weighted by atomic mass is 19.4. The molecule has 3 rings (SSSR count). The van der Waals surface area contributed by atoms with Gasteiger partial charge in [0.15, 0.2) is 11.5 Å². The van der Waals surface area contributed by atoms with Gasteiger partial charge in [-0.1, -0.05) is 0 Å². The van der Waals surface area contributed by atoms with E-state index in [2.05, 4.69) is 20.3 Å². The molecule has 1 unspecified atom stereocenters. The third-order valence-electron chi connectivity index (χ3n) is 4.30. The number of rotatable bonds is 5. The molecule has 0 radical (unpaired) electrons. The zero-order chi connectivity index (χ0) is 20.4. The SMILES string of the molecule is FC(F)(F)CN1CCC(CNc2cc(C(F)(F)F)nc(-c3ccncc3)n2)C1. The smallest absolute Gasteiger partial charge is 0.370 e. The van der Waals surface area contributed by atoms with E-state index in [1.807, 2.05) is 0 Å². The summed E-state index contributed by atoms with van der Waals surface area (Å²) in [5.74, 6) is -0.246. The van der Waals surface area contributed by atoms with Gasteiger partial charge in [-0.05, 0) is 31.0 Å². The topological polar surface area (TPSA) is 53.9 Å². The first-order chi connectivity index (χ1) is 13.1. The van der Waals surface area contributed by atoms with Crippen molar-refractivity contribution in [3.63, 3.8) is 0 Å². The van der Waals surface area contributed by atoms with E-state index in [9.17, 15) is 26.3 Å². The average Bonchev–Trinajstić information content (AvgIpc) is 3.05. The predicted molar refractivity (Wildman–Crippen MR) is 89.4 cm³/mol. The monoisotopic (exact) mass is 405 g/mol. The van der Waals surface area contributed by atoms with Gasteiger partial charge < -0.3 is 5.32 Å². The van der Waals surface area contributed by atoms with Crippen LogP contribution >= 0.6 is 0 Å². The minimum atomic E-state index is -4.65. The van der Waals surface area contributed by atoms with Gasteiger partial charge in [0.1, 0.15) is 5.82 Å². The molecule has 1 fully saturated rings. The molecule has 1 aliphatic rings. The average molecular weight is 405 g/mol. The van der Waals surface area contributed by atoms with Gasteiger partial charge in [0.25, 0.3) is 0 Å². The van der Waals surface area contributed by atoms with Crippen molar-refractivity contribution in [3.05, 3.63) is 36.3 Å². The summed E-state index contributed by atoms with van der Waals surface area (Å²) < 4.78 is 76.9. The number of anilines is 1. The van der Waals surface area contributed by atoms with Gasteiger partial charge in [0.05, 0.1) is 6.54 Å². The van der Waals surface area contributed by atoms with Crippen LogP contribution in [0.4, 0.5) is 32.2 Å². The molecule has 1 aliphatic heterocycles. The molecule has 0 aromatic carbocycles. The molecular formula is C17H17F6N5. The van der Waals surface area contributed by atoms with Crippen LogP contribution in [0.3, 0.4) is 0 Å². The van der Waals surface area contributed by atoms with E-state index in [0.29, 0.717) is 18.5 Å². The summed E-state index contributed by atoms with van der Waals surface area (Å²) in [7, 11) is 0. The number of pyridine rings is 1. The van der Waals surface area contributed by atoms with Crippen LogP contribution in [0.5, 0.6) is 0 Å². The number of aromatic nitrogens is 3. The van der Waals surface area contributed by atoms with Gasteiger partial charge >= 0.3 is 12.4 Å². The number of hydrogen-bond acceptors (Lipinski definition) is 5. The van der Waals surface area contributed by atoms with Crippen molar-refractivity contribution in [2.75, 3.05) is 31.5 Å². The summed E-state index contributed by atoms with van der Waals surface area (Å²) in [6, 6.07) is 3.78. The maximum absolute atomic E-state index is 13.2. The largest absolute Gasteiger partial charge is 0.433 e. The molecule has 0 aliphatic carbocycles. The summed E-state index contributed by atoms with van der Waals surface area (Å²) in [5.41, 5.74) is -0.719. The molecule has 11 heteroatoms. The summed E-state index contributed by atoms with van der Waals surface area (Å²) >= 11 is 0. The molecule has 0 spiro atoms. The molecular weight excluding hydrogens is 388 g/mol. The molecule has 5 nitrogen and oxygen atoms in total. The highest BCUT2D eigenvalue weighted by molar-refractivity contribution is 5.57. The van der Waals surface area contributed by atoms with Crippen LogP contribution in [0, 0.1) is 5.92 Å². The molecule has 0 bridgehead atoms. The van der Waals surface area contributed by atoms with E-state index in [1.165, 1.54) is 29.4 Å². The molecule has 0 amide bonds. The fourth-order valence-electron chi connectivity index (χ4n) is 3.04. The van der Waals surface area contributed by atoms with Crippen LogP contribution in [0.25, 0.3) is 11.4 Å². The number of likely N-dealkylation sites (tertiary alicyclic amines) is 1. The Morgan fingerprint density at radius 2 is 1.79 bits per heavy atom. The first-order valence-electron chi connectivity index (χ1n) is 8.50.